The lowest BCUT2D eigenvalue weighted by molar-refractivity contribution is 0.629. The molecule has 0 unspecified atom stereocenters. The molecule has 1 fully saturated rings. The Labute approximate surface area is 104 Å². The fraction of sp³-hybridized carbons (Fsp3) is 0.462. The summed E-state index contributed by atoms with van der Waals surface area (Å²) in [5, 5.41) is 4.23. The molecule has 4 heteroatoms. The normalized spacial score (nSPS) is 15.4. The lowest BCUT2D eigenvalue weighted by atomic mass is 10.2. The Morgan fingerprint density at radius 1 is 1.41 bits per heavy atom. The highest BCUT2D eigenvalue weighted by Crippen LogP contribution is 2.33. The third kappa shape index (κ3) is 2.75. The van der Waals surface area contributed by atoms with Crippen LogP contribution >= 0.6 is 11.3 Å². The molecular formula is C13H15FN2S. The molecule has 2 nitrogen and oxygen atoms in total. The highest BCUT2D eigenvalue weighted by atomic mass is 32.1. The Bertz CT molecular complexity index is 519. The van der Waals surface area contributed by atoms with E-state index in [9.17, 15) is 4.39 Å². The highest BCUT2D eigenvalue weighted by molar-refractivity contribution is 7.22. The quantitative estimate of drug-likeness (QED) is 0.810. The van der Waals surface area contributed by atoms with Crippen LogP contribution < -0.4 is 5.32 Å². The first-order chi connectivity index (χ1) is 8.31. The third-order valence-corrected chi connectivity index (χ3v) is 4.11. The van der Waals surface area contributed by atoms with Gasteiger partial charge in [-0.1, -0.05) is 24.2 Å². The van der Waals surface area contributed by atoms with E-state index in [1.165, 1.54) is 37.8 Å². The van der Waals surface area contributed by atoms with E-state index in [4.69, 9.17) is 0 Å². The lowest BCUT2D eigenvalue weighted by Gasteiger charge is -2.00. The van der Waals surface area contributed by atoms with Crippen LogP contribution in [-0.4, -0.2) is 11.5 Å². The van der Waals surface area contributed by atoms with Gasteiger partial charge in [0.25, 0.3) is 0 Å². The van der Waals surface area contributed by atoms with Crippen LogP contribution in [0.5, 0.6) is 0 Å². The van der Waals surface area contributed by atoms with E-state index in [-0.39, 0.29) is 5.82 Å². The molecule has 1 aromatic heterocycles. The monoisotopic (exact) mass is 250 g/mol. The zero-order chi connectivity index (χ0) is 11.7. The molecule has 90 valence electrons. The maximum absolute atomic E-state index is 13.0. The number of hydrogen-bond acceptors (Lipinski definition) is 3. The van der Waals surface area contributed by atoms with Crippen LogP contribution in [0.4, 0.5) is 9.52 Å². The van der Waals surface area contributed by atoms with E-state index in [0.717, 1.165) is 27.8 Å². The zero-order valence-electron chi connectivity index (χ0n) is 9.58. The zero-order valence-corrected chi connectivity index (χ0v) is 10.4. The minimum absolute atomic E-state index is 0.219. The van der Waals surface area contributed by atoms with Crippen LogP contribution in [-0.2, 0) is 0 Å². The number of nitrogens with zero attached hydrogens (tertiary/aromatic N) is 1. The second kappa shape index (κ2) is 4.61. The van der Waals surface area contributed by atoms with E-state index in [0.29, 0.717) is 0 Å². The summed E-state index contributed by atoms with van der Waals surface area (Å²) in [5.74, 6) is 0.768. The first-order valence-corrected chi connectivity index (χ1v) is 6.93. The molecule has 1 aliphatic rings. The van der Waals surface area contributed by atoms with Gasteiger partial charge in [-0.2, -0.15) is 0 Å². The van der Waals surface area contributed by atoms with Crippen LogP contribution in [0.3, 0.4) is 0 Å². The van der Waals surface area contributed by atoms with E-state index >= 15 is 0 Å². The summed E-state index contributed by atoms with van der Waals surface area (Å²) in [6, 6.07) is 4.76. The third-order valence-electron chi connectivity index (χ3n) is 3.11. The van der Waals surface area contributed by atoms with Gasteiger partial charge in [0.15, 0.2) is 5.13 Å². The van der Waals surface area contributed by atoms with Gasteiger partial charge in [0.2, 0.25) is 0 Å². The summed E-state index contributed by atoms with van der Waals surface area (Å²) in [6.07, 6.45) is 5.36. The summed E-state index contributed by atoms with van der Waals surface area (Å²) in [5.41, 5.74) is 0.750. The minimum atomic E-state index is -0.219. The fourth-order valence-corrected chi connectivity index (χ4v) is 2.84. The van der Waals surface area contributed by atoms with Gasteiger partial charge < -0.3 is 5.32 Å². The number of anilines is 1. The van der Waals surface area contributed by atoms with Crippen molar-refractivity contribution >= 4 is 26.7 Å². The second-order valence-corrected chi connectivity index (χ2v) is 5.67. The topological polar surface area (TPSA) is 24.9 Å². The average molecular weight is 250 g/mol. The molecule has 3 rings (SSSR count). The Morgan fingerprint density at radius 2 is 2.29 bits per heavy atom. The molecule has 0 atom stereocenters. The van der Waals surface area contributed by atoms with Gasteiger partial charge in [-0.3, -0.25) is 0 Å². The van der Waals surface area contributed by atoms with Crippen molar-refractivity contribution in [3.05, 3.63) is 24.0 Å². The minimum Gasteiger partial charge on any atom is -0.361 e. The van der Waals surface area contributed by atoms with Crippen molar-refractivity contribution in [2.24, 2.45) is 5.92 Å². The molecule has 1 saturated carbocycles. The summed E-state index contributed by atoms with van der Waals surface area (Å²) < 4.78 is 14.0. The molecule has 0 radical (unpaired) electrons. The number of rotatable bonds is 5. The van der Waals surface area contributed by atoms with Gasteiger partial charge in [-0.25, -0.2) is 9.37 Å². The largest absolute Gasteiger partial charge is 0.361 e. The molecule has 0 saturated heterocycles. The van der Waals surface area contributed by atoms with E-state index in [2.05, 4.69) is 10.3 Å². The molecule has 0 amide bonds. The van der Waals surface area contributed by atoms with Gasteiger partial charge in [-0.05, 0) is 30.9 Å². The summed E-state index contributed by atoms with van der Waals surface area (Å²) in [6.45, 7) is 0.971. The molecular weight excluding hydrogens is 235 g/mol. The number of halogens is 1. The van der Waals surface area contributed by atoms with Gasteiger partial charge in [0.1, 0.15) is 5.82 Å². The van der Waals surface area contributed by atoms with Gasteiger partial charge >= 0.3 is 0 Å². The Morgan fingerprint density at radius 3 is 3.12 bits per heavy atom. The molecule has 1 aliphatic carbocycles. The molecule has 0 aliphatic heterocycles. The van der Waals surface area contributed by atoms with Gasteiger partial charge in [0.05, 0.1) is 10.2 Å². The first kappa shape index (κ1) is 11.0. The molecule has 1 aromatic carbocycles. The smallest absolute Gasteiger partial charge is 0.183 e. The Balaban J connectivity index is 1.60. The van der Waals surface area contributed by atoms with Crippen LogP contribution in [0.1, 0.15) is 25.7 Å². The van der Waals surface area contributed by atoms with Crippen molar-refractivity contribution in [3.8, 4) is 0 Å². The predicted molar refractivity (Wildman–Crippen MR) is 70.0 cm³/mol. The van der Waals surface area contributed by atoms with Crippen molar-refractivity contribution in [2.45, 2.75) is 25.7 Å². The van der Waals surface area contributed by atoms with Crippen molar-refractivity contribution in [2.75, 3.05) is 11.9 Å². The maximum atomic E-state index is 13.0. The van der Waals surface area contributed by atoms with Crippen molar-refractivity contribution in [3.63, 3.8) is 0 Å². The van der Waals surface area contributed by atoms with Crippen LogP contribution in [0.25, 0.3) is 10.2 Å². The molecule has 1 heterocycles. The highest BCUT2D eigenvalue weighted by Gasteiger charge is 2.19. The number of hydrogen-bond donors (Lipinski definition) is 1. The fourth-order valence-electron chi connectivity index (χ4n) is 1.97. The van der Waals surface area contributed by atoms with Crippen LogP contribution in [0.15, 0.2) is 18.2 Å². The first-order valence-electron chi connectivity index (χ1n) is 6.11. The molecule has 1 N–H and O–H groups in total. The number of nitrogens with one attached hydrogen (secondary N) is 1. The summed E-state index contributed by atoms with van der Waals surface area (Å²) in [7, 11) is 0. The molecule has 2 aromatic rings. The maximum Gasteiger partial charge on any atom is 0.183 e. The standard InChI is InChI=1S/C13H15FN2S/c14-10-5-6-12-11(8-10)16-13(17-12)15-7-1-2-9-3-4-9/h5-6,8-9H,1-4,7H2,(H,15,16). The van der Waals surface area contributed by atoms with E-state index in [1.807, 2.05) is 0 Å². The van der Waals surface area contributed by atoms with Crippen LogP contribution in [0.2, 0.25) is 0 Å². The van der Waals surface area contributed by atoms with Gasteiger partial charge in [0, 0.05) is 12.6 Å². The number of aromatic nitrogens is 1. The average Bonchev–Trinajstić information content (AvgIpc) is 3.04. The van der Waals surface area contributed by atoms with Crippen molar-refractivity contribution in [1.29, 1.82) is 0 Å². The number of fused-ring (bicyclic) bond motifs is 1. The Kier molecular flexibility index (Phi) is 2.97. The van der Waals surface area contributed by atoms with Crippen molar-refractivity contribution < 1.29 is 4.39 Å². The summed E-state index contributed by atoms with van der Waals surface area (Å²) in [4.78, 5) is 4.37. The molecule has 0 bridgehead atoms. The SMILES string of the molecule is Fc1ccc2sc(NCCCC3CC3)nc2c1. The molecule has 17 heavy (non-hydrogen) atoms. The molecule has 0 spiro atoms. The Hall–Kier alpha value is -1.16. The second-order valence-electron chi connectivity index (χ2n) is 4.64. The number of benzene rings is 1. The predicted octanol–water partition coefficient (Wildman–Crippen LogP) is 4.04. The van der Waals surface area contributed by atoms with Crippen LogP contribution in [0, 0.1) is 11.7 Å². The van der Waals surface area contributed by atoms with E-state index < -0.39 is 0 Å². The van der Waals surface area contributed by atoms with E-state index in [1.54, 1.807) is 17.4 Å². The lowest BCUT2D eigenvalue weighted by Crippen LogP contribution is -2.00. The van der Waals surface area contributed by atoms with Gasteiger partial charge in [-0.15, -0.1) is 0 Å². The summed E-state index contributed by atoms with van der Waals surface area (Å²) >= 11 is 1.59. The number of thiazole rings is 1. The van der Waals surface area contributed by atoms with Crippen molar-refractivity contribution in [1.82, 2.24) is 4.98 Å².